The van der Waals surface area contributed by atoms with Crippen molar-refractivity contribution in [3.05, 3.63) is 25.3 Å². The third-order valence-electron chi connectivity index (χ3n) is 9.07. The number of nitrogens with zero attached hydrogens (tertiary/aromatic N) is 10. The average Bonchev–Trinajstić information content (AvgIpc) is 3.94. The summed E-state index contributed by atoms with van der Waals surface area (Å²) in [6, 6.07) is -2.68. The summed E-state index contributed by atoms with van der Waals surface area (Å²) in [5.41, 5.74) is 18.9. The average molecular weight is 991 g/mol. The van der Waals surface area contributed by atoms with Gasteiger partial charge in [-0.15, -0.1) is 0 Å². The molecule has 14 atom stereocenters. The highest BCUT2D eigenvalue weighted by molar-refractivity contribution is 7.96. The summed E-state index contributed by atoms with van der Waals surface area (Å²) in [6.45, 7) is -1.52. The van der Waals surface area contributed by atoms with E-state index in [9.17, 15) is 57.3 Å². The zero-order valence-corrected chi connectivity index (χ0v) is 36.7. The van der Waals surface area contributed by atoms with E-state index in [1.807, 2.05) is 0 Å². The van der Waals surface area contributed by atoms with Gasteiger partial charge in [0.15, 0.2) is 47.5 Å². The number of ether oxygens (including phenoxy) is 2. The fourth-order valence-corrected chi connectivity index (χ4v) is 12.8. The fourth-order valence-electron chi connectivity index (χ4n) is 6.07. The van der Waals surface area contributed by atoms with Crippen molar-refractivity contribution in [1.82, 2.24) is 39.0 Å². The summed E-state index contributed by atoms with van der Waals surface area (Å²) in [7, 11) is -17.1. The third-order valence-corrected chi connectivity index (χ3v) is 16.4. The van der Waals surface area contributed by atoms with E-state index >= 15 is 0 Å². The molecule has 6 heterocycles. The third kappa shape index (κ3) is 12.0. The highest BCUT2D eigenvalue weighted by atomic mass is 32.2. The summed E-state index contributed by atoms with van der Waals surface area (Å²) in [4.78, 5) is 69.6. The van der Waals surface area contributed by atoms with Gasteiger partial charge in [-0.25, -0.2) is 47.9 Å². The first kappa shape index (κ1) is 50.5. The normalized spacial score (nSPS) is 28.2. The SMILES string of the molecule is C[S@@](=O)(C[C@@H]([NH3+])C(=O)O)=NP(=O)([O-])OC[C@H]1OC(n2cnc3c(N)ncnc32)C(O)C1O.C[S@](=O)(C[C@@H]([NH3+])C(=O)O)=NP(=O)([O-])OC[C@H]1OC(n2cnc3c(N)ncnc32)C(O)C1O. The van der Waals surface area contributed by atoms with Gasteiger partial charge in [-0.05, 0) is 0 Å². The minimum atomic E-state index is -5.07. The van der Waals surface area contributed by atoms with Crippen LogP contribution in [-0.4, -0.2) is 176 Å². The van der Waals surface area contributed by atoms with Crippen molar-refractivity contribution < 1.29 is 97.6 Å². The predicted molar refractivity (Wildman–Crippen MR) is 210 cm³/mol. The van der Waals surface area contributed by atoms with Gasteiger partial charge in [-0.1, -0.05) is 0 Å². The zero-order valence-electron chi connectivity index (χ0n) is 33.2. The standard InChI is InChI=1S/2C14H22N7O9PS/c2*1-32(28,3-6(15)14(24)25)20-31(26,27)29-2-7-9(22)10(23)13(30-7)21-5-19-8-11(16)17-4-18-12(8)21/h2*4-7,9-10,13,22-23H,2-3,15H2,1H3,(H,24,25)(H,26,27)(H2,16,17,18)/t6-,7-,9?,10?,13?,32+;6-,7-,9?,10?,13?,32-/m11/s1. The van der Waals surface area contributed by atoms with Crippen molar-refractivity contribution in [3.8, 4) is 0 Å². The van der Waals surface area contributed by atoms with Gasteiger partial charge in [-0.3, -0.25) is 18.3 Å². The van der Waals surface area contributed by atoms with Crippen LogP contribution in [0.1, 0.15) is 12.5 Å². The van der Waals surface area contributed by atoms with Gasteiger partial charge >= 0.3 is 11.9 Å². The Morgan fingerprint density at radius 2 is 1.08 bits per heavy atom. The van der Waals surface area contributed by atoms with Crippen molar-refractivity contribution in [2.75, 3.05) is 48.7 Å². The molecule has 6 rings (SSSR count). The minimum absolute atomic E-state index is 0.0890. The molecular weight excluding hydrogens is 946 g/mol. The van der Waals surface area contributed by atoms with Crippen LogP contribution in [0.15, 0.2) is 33.6 Å². The Kier molecular flexibility index (Phi) is 15.4. The number of quaternary nitrogens is 2. The van der Waals surface area contributed by atoms with Gasteiger partial charge in [0.2, 0.25) is 0 Å². The lowest BCUT2D eigenvalue weighted by Crippen LogP contribution is -2.67. The van der Waals surface area contributed by atoms with Gasteiger partial charge < -0.3 is 81.9 Å². The zero-order chi connectivity index (χ0) is 47.7. The van der Waals surface area contributed by atoms with Crippen LogP contribution in [0, 0.1) is 0 Å². The Hall–Kier alpha value is -4.48. The number of carboxylic acids is 2. The van der Waals surface area contributed by atoms with E-state index in [1.54, 1.807) is 0 Å². The lowest BCUT2D eigenvalue weighted by atomic mass is 10.1. The Bertz CT molecular complexity index is 2550. The number of aromatic nitrogens is 8. The number of hydrogen-bond acceptors (Lipinski definition) is 24. The first-order valence-electron chi connectivity index (χ1n) is 18.0. The van der Waals surface area contributed by atoms with Crippen LogP contribution in [-0.2, 0) is 56.7 Å². The van der Waals surface area contributed by atoms with E-state index < -0.39 is 133 Å². The van der Waals surface area contributed by atoms with Gasteiger partial charge in [0, 0.05) is 12.5 Å². The lowest BCUT2D eigenvalue weighted by Gasteiger charge is -2.22. The first-order valence-corrected chi connectivity index (χ1v) is 25.1. The number of hydrogen-bond donors (Lipinski definition) is 10. The summed E-state index contributed by atoms with van der Waals surface area (Å²) in [5.74, 6) is -3.77. The monoisotopic (exact) mass is 990 g/mol. The van der Waals surface area contributed by atoms with Crippen LogP contribution in [0.3, 0.4) is 0 Å². The molecule has 0 aromatic carbocycles. The van der Waals surface area contributed by atoms with Gasteiger partial charge in [0.25, 0.3) is 15.5 Å². The smallest absolute Gasteiger partial charge is 0.363 e. The summed E-state index contributed by atoms with van der Waals surface area (Å²) >= 11 is 0. The maximum atomic E-state index is 12.3. The van der Waals surface area contributed by atoms with E-state index in [0.717, 1.165) is 12.5 Å². The second kappa shape index (κ2) is 19.5. The largest absolute Gasteiger partial charge is 0.760 e. The molecule has 0 radical (unpaired) electrons. The molecule has 0 aliphatic carbocycles. The molecule has 32 nitrogen and oxygen atoms in total. The molecule has 4 aromatic rings. The second-order valence-electron chi connectivity index (χ2n) is 14.3. The topological polar surface area (TPSA) is 526 Å². The molecule has 0 amide bonds. The van der Waals surface area contributed by atoms with Crippen molar-refractivity contribution >= 4 is 80.9 Å². The predicted octanol–water partition coefficient (Wildman–Crippen LogP) is -7.39. The number of aliphatic carboxylic acids is 2. The van der Waals surface area contributed by atoms with Gasteiger partial charge in [-0.2, -0.15) is 8.27 Å². The van der Waals surface area contributed by atoms with E-state index in [2.05, 4.69) is 49.6 Å². The quantitative estimate of drug-likeness (QED) is 0.0466. The Morgan fingerprint density at radius 3 is 1.41 bits per heavy atom. The number of carbonyl (C=O) groups is 2. The molecule has 8 unspecified atom stereocenters. The number of fused-ring (bicyclic) bond motifs is 2. The number of aliphatic hydroxyl groups excluding tert-OH is 4. The van der Waals surface area contributed by atoms with Gasteiger partial charge in [0.1, 0.15) is 60.3 Å². The number of imidazole rings is 2. The molecule has 0 saturated carbocycles. The first-order chi connectivity index (χ1) is 29.6. The summed E-state index contributed by atoms with van der Waals surface area (Å²) in [5, 5.41) is 58.9. The van der Waals surface area contributed by atoms with E-state index in [1.165, 1.54) is 34.4 Å². The van der Waals surface area contributed by atoms with Crippen LogP contribution < -0.4 is 32.7 Å². The van der Waals surface area contributed by atoms with E-state index in [0.29, 0.717) is 0 Å². The molecule has 2 aliphatic rings. The van der Waals surface area contributed by atoms with Gasteiger partial charge in [0.05, 0.1) is 56.8 Å². The number of nitrogen functional groups attached to an aromatic ring is 2. The van der Waals surface area contributed by atoms with Crippen molar-refractivity contribution in [2.24, 2.45) is 8.27 Å². The number of aliphatic hydroxyl groups is 4. The highest BCUT2D eigenvalue weighted by Crippen LogP contribution is 2.43. The number of rotatable bonds is 16. The van der Waals surface area contributed by atoms with E-state index in [4.69, 9.17) is 40.2 Å². The molecule has 36 heteroatoms. The molecule has 4 aromatic heterocycles. The highest BCUT2D eigenvalue weighted by Gasteiger charge is 2.46. The summed E-state index contributed by atoms with van der Waals surface area (Å²) < 4.78 is 78.2. The van der Waals surface area contributed by atoms with Crippen LogP contribution >= 0.6 is 15.5 Å². The van der Waals surface area contributed by atoms with Crippen LogP contribution in [0.2, 0.25) is 0 Å². The molecule has 64 heavy (non-hydrogen) atoms. The number of nitrogens with two attached hydrogens (primary N) is 2. The minimum Gasteiger partial charge on any atom is -0.760 e. The Labute approximate surface area is 360 Å². The Balaban J connectivity index is 0.000000241. The molecule has 0 spiro atoms. The molecule has 2 fully saturated rings. The van der Waals surface area contributed by atoms with Crippen LogP contribution in [0.4, 0.5) is 11.6 Å². The second-order valence-corrected chi connectivity index (χ2v) is 22.5. The van der Waals surface area contributed by atoms with Crippen molar-refractivity contribution in [2.45, 2.75) is 61.2 Å². The maximum absolute atomic E-state index is 12.3. The molecular formula is C28H44N14O18P2S2. The molecule has 356 valence electrons. The fraction of sp³-hybridized carbons (Fsp3) is 0.571. The number of anilines is 2. The van der Waals surface area contributed by atoms with Crippen molar-refractivity contribution in [1.29, 1.82) is 0 Å². The summed E-state index contributed by atoms with van der Waals surface area (Å²) in [6.07, 6.45) is -4.34. The molecule has 0 bridgehead atoms. The molecule has 16 N–H and O–H groups in total. The molecule has 2 saturated heterocycles. The Morgan fingerprint density at radius 1 is 0.734 bits per heavy atom. The van der Waals surface area contributed by atoms with E-state index in [-0.39, 0.29) is 34.0 Å². The number of carboxylic acid groups (broad SMARTS) is 2. The van der Waals surface area contributed by atoms with Crippen molar-refractivity contribution in [3.63, 3.8) is 0 Å². The van der Waals surface area contributed by atoms with Crippen LogP contribution in [0.5, 0.6) is 0 Å². The van der Waals surface area contributed by atoms with Crippen LogP contribution in [0.25, 0.3) is 22.3 Å². The molecule has 2 aliphatic heterocycles. The lowest BCUT2D eigenvalue weighted by molar-refractivity contribution is -0.400. The maximum Gasteiger partial charge on any atom is 0.363 e.